The summed E-state index contributed by atoms with van der Waals surface area (Å²) in [6.45, 7) is 13.7. The topological polar surface area (TPSA) is 29.1 Å². The molecule has 0 aromatic carbocycles. The molecule has 3 heteroatoms. The maximum absolute atomic E-state index is 12.1. The van der Waals surface area contributed by atoms with Gasteiger partial charge in [-0.05, 0) is 12.3 Å². The fourth-order valence-corrected chi connectivity index (χ4v) is 3.09. The SMILES string of the molecule is CC(C)C[C@@H](SCCNC(C)C)C(=O)C(C)C. The molecule has 0 rings (SSSR count). The van der Waals surface area contributed by atoms with Crippen molar-refractivity contribution in [2.75, 3.05) is 12.3 Å². The van der Waals surface area contributed by atoms with Gasteiger partial charge in [0.25, 0.3) is 0 Å². The van der Waals surface area contributed by atoms with Gasteiger partial charge in [-0.2, -0.15) is 0 Å². The lowest BCUT2D eigenvalue weighted by molar-refractivity contribution is -0.121. The average Bonchev–Trinajstić information content (AvgIpc) is 2.20. The quantitative estimate of drug-likeness (QED) is 0.644. The molecule has 0 radical (unpaired) electrons. The van der Waals surface area contributed by atoms with E-state index in [1.807, 2.05) is 25.6 Å². The number of hydrogen-bond acceptors (Lipinski definition) is 3. The van der Waals surface area contributed by atoms with Gasteiger partial charge in [-0.25, -0.2) is 0 Å². The molecule has 102 valence electrons. The first-order valence-electron chi connectivity index (χ1n) is 6.73. The Hall–Kier alpha value is -0.0200. The van der Waals surface area contributed by atoms with Gasteiger partial charge in [0.2, 0.25) is 0 Å². The van der Waals surface area contributed by atoms with Crippen LogP contribution in [0.3, 0.4) is 0 Å². The second-order valence-electron chi connectivity index (χ2n) is 5.65. The summed E-state index contributed by atoms with van der Waals surface area (Å²) in [5, 5.41) is 3.57. The van der Waals surface area contributed by atoms with Gasteiger partial charge in [-0.1, -0.05) is 41.5 Å². The van der Waals surface area contributed by atoms with E-state index >= 15 is 0 Å². The molecule has 0 bridgehead atoms. The van der Waals surface area contributed by atoms with Gasteiger partial charge in [-0.15, -0.1) is 11.8 Å². The number of ketones is 1. The monoisotopic (exact) mass is 259 g/mol. The van der Waals surface area contributed by atoms with Gasteiger partial charge >= 0.3 is 0 Å². The van der Waals surface area contributed by atoms with Crippen LogP contribution in [0, 0.1) is 11.8 Å². The molecule has 0 saturated carbocycles. The van der Waals surface area contributed by atoms with E-state index in [2.05, 4.69) is 33.0 Å². The van der Waals surface area contributed by atoms with Gasteiger partial charge in [-0.3, -0.25) is 4.79 Å². The third-order valence-corrected chi connectivity index (χ3v) is 3.81. The zero-order valence-electron chi connectivity index (χ0n) is 12.2. The Morgan fingerprint density at radius 3 is 2.12 bits per heavy atom. The van der Waals surface area contributed by atoms with Crippen molar-refractivity contribution in [1.29, 1.82) is 0 Å². The standard InChI is InChI=1S/C14H29NOS/c1-10(2)9-13(14(16)11(3)4)17-8-7-15-12(5)6/h10-13,15H,7-9H2,1-6H3/t13-/m1/s1. The Labute approximate surface area is 111 Å². The molecule has 0 spiro atoms. The Kier molecular flexibility index (Phi) is 8.97. The number of nitrogens with one attached hydrogen (secondary N) is 1. The van der Waals surface area contributed by atoms with Gasteiger partial charge in [0.15, 0.2) is 0 Å². The highest BCUT2D eigenvalue weighted by Gasteiger charge is 2.22. The summed E-state index contributed by atoms with van der Waals surface area (Å²) < 4.78 is 0. The van der Waals surface area contributed by atoms with Crippen LogP contribution in [0.4, 0.5) is 0 Å². The number of thioether (sulfide) groups is 1. The van der Waals surface area contributed by atoms with Crippen molar-refractivity contribution in [3.63, 3.8) is 0 Å². The second kappa shape index (κ2) is 8.98. The van der Waals surface area contributed by atoms with Crippen molar-refractivity contribution < 1.29 is 4.79 Å². The van der Waals surface area contributed by atoms with Crippen LogP contribution in [-0.4, -0.2) is 29.4 Å². The van der Waals surface area contributed by atoms with Gasteiger partial charge in [0, 0.05) is 24.3 Å². The van der Waals surface area contributed by atoms with Crippen LogP contribution < -0.4 is 5.32 Å². The number of carbonyl (C=O) groups excluding carboxylic acids is 1. The summed E-state index contributed by atoms with van der Waals surface area (Å²) in [5.74, 6) is 2.18. The molecule has 17 heavy (non-hydrogen) atoms. The van der Waals surface area contributed by atoms with Crippen molar-refractivity contribution in [3.8, 4) is 0 Å². The molecule has 0 heterocycles. The molecule has 0 unspecified atom stereocenters. The summed E-state index contributed by atoms with van der Waals surface area (Å²) in [5.41, 5.74) is 0. The van der Waals surface area contributed by atoms with Crippen LogP contribution in [0.2, 0.25) is 0 Å². The lowest BCUT2D eigenvalue weighted by atomic mass is 9.99. The highest BCUT2D eigenvalue weighted by molar-refractivity contribution is 8.00. The van der Waals surface area contributed by atoms with Crippen molar-refractivity contribution in [1.82, 2.24) is 5.32 Å². The van der Waals surface area contributed by atoms with E-state index in [0.29, 0.717) is 17.7 Å². The van der Waals surface area contributed by atoms with E-state index in [9.17, 15) is 4.79 Å². The first-order valence-corrected chi connectivity index (χ1v) is 7.78. The minimum absolute atomic E-state index is 0.157. The highest BCUT2D eigenvalue weighted by Crippen LogP contribution is 2.22. The number of rotatable bonds is 9. The van der Waals surface area contributed by atoms with Crippen LogP contribution in [-0.2, 0) is 4.79 Å². The Bertz CT molecular complexity index is 214. The molecule has 0 fully saturated rings. The van der Waals surface area contributed by atoms with E-state index in [4.69, 9.17) is 0 Å². The summed E-state index contributed by atoms with van der Waals surface area (Å²) in [7, 11) is 0. The van der Waals surface area contributed by atoms with Crippen molar-refractivity contribution in [2.45, 2.75) is 59.3 Å². The molecule has 0 aliphatic heterocycles. The van der Waals surface area contributed by atoms with E-state index in [1.54, 1.807) is 0 Å². The molecule has 0 amide bonds. The van der Waals surface area contributed by atoms with Crippen molar-refractivity contribution in [3.05, 3.63) is 0 Å². The summed E-state index contributed by atoms with van der Waals surface area (Å²) in [6.07, 6.45) is 1.00. The molecular weight excluding hydrogens is 230 g/mol. The number of hydrogen-bond donors (Lipinski definition) is 1. The molecule has 0 saturated heterocycles. The highest BCUT2D eigenvalue weighted by atomic mass is 32.2. The molecular formula is C14H29NOS. The van der Waals surface area contributed by atoms with E-state index in [-0.39, 0.29) is 11.2 Å². The fraction of sp³-hybridized carbons (Fsp3) is 0.929. The molecule has 2 nitrogen and oxygen atoms in total. The van der Waals surface area contributed by atoms with E-state index < -0.39 is 0 Å². The number of Topliss-reactive ketones (excluding diaryl/α,β-unsaturated/α-hetero) is 1. The van der Waals surface area contributed by atoms with Gasteiger partial charge in [0.05, 0.1) is 5.25 Å². The van der Waals surface area contributed by atoms with Crippen LogP contribution in [0.1, 0.15) is 48.0 Å². The van der Waals surface area contributed by atoms with E-state index in [1.165, 1.54) is 0 Å². The van der Waals surface area contributed by atoms with E-state index in [0.717, 1.165) is 18.7 Å². The maximum Gasteiger partial charge on any atom is 0.148 e. The summed E-state index contributed by atoms with van der Waals surface area (Å²) >= 11 is 1.82. The normalized spacial score (nSPS) is 13.7. The molecule has 0 aromatic rings. The van der Waals surface area contributed by atoms with Crippen LogP contribution in [0.25, 0.3) is 0 Å². The minimum Gasteiger partial charge on any atom is -0.314 e. The van der Waals surface area contributed by atoms with Gasteiger partial charge in [0.1, 0.15) is 5.78 Å². The van der Waals surface area contributed by atoms with Crippen molar-refractivity contribution in [2.24, 2.45) is 11.8 Å². The first kappa shape index (κ1) is 17.0. The smallest absolute Gasteiger partial charge is 0.148 e. The van der Waals surface area contributed by atoms with Gasteiger partial charge < -0.3 is 5.32 Å². The Morgan fingerprint density at radius 1 is 1.12 bits per heavy atom. The molecule has 0 aliphatic carbocycles. The molecule has 1 N–H and O–H groups in total. The second-order valence-corrected chi connectivity index (χ2v) is 6.97. The summed E-state index contributed by atoms with van der Waals surface area (Å²) in [6, 6.07) is 0.528. The Balaban J connectivity index is 4.07. The lowest BCUT2D eigenvalue weighted by Gasteiger charge is -2.20. The predicted molar refractivity (Wildman–Crippen MR) is 78.7 cm³/mol. The molecule has 0 aromatic heterocycles. The lowest BCUT2D eigenvalue weighted by Crippen LogP contribution is -2.28. The predicted octanol–water partition coefficient (Wildman–Crippen LogP) is 3.36. The van der Waals surface area contributed by atoms with Crippen LogP contribution >= 0.6 is 11.8 Å². The summed E-state index contributed by atoms with van der Waals surface area (Å²) in [4.78, 5) is 12.1. The van der Waals surface area contributed by atoms with Crippen molar-refractivity contribution >= 4 is 17.5 Å². The average molecular weight is 259 g/mol. The largest absolute Gasteiger partial charge is 0.314 e. The minimum atomic E-state index is 0.157. The van der Waals surface area contributed by atoms with Crippen LogP contribution in [0.15, 0.2) is 0 Å². The Morgan fingerprint density at radius 2 is 1.71 bits per heavy atom. The number of carbonyl (C=O) groups is 1. The molecule has 1 atom stereocenters. The fourth-order valence-electron chi connectivity index (χ4n) is 1.62. The molecule has 0 aliphatic rings. The maximum atomic E-state index is 12.1. The first-order chi connectivity index (χ1) is 7.84. The zero-order chi connectivity index (χ0) is 13.4. The zero-order valence-corrected chi connectivity index (χ0v) is 13.1. The third kappa shape index (κ3) is 8.67. The van der Waals surface area contributed by atoms with Crippen LogP contribution in [0.5, 0.6) is 0 Å². The third-order valence-electron chi connectivity index (χ3n) is 2.55.